The highest BCUT2D eigenvalue weighted by atomic mass is 15.1. The zero-order chi connectivity index (χ0) is 13.6. The van der Waals surface area contributed by atoms with Gasteiger partial charge in [-0.25, -0.2) is 0 Å². The first-order valence-corrected chi connectivity index (χ1v) is 6.53. The van der Waals surface area contributed by atoms with E-state index in [4.69, 9.17) is 5.26 Å². The molecule has 18 heavy (non-hydrogen) atoms. The van der Waals surface area contributed by atoms with Gasteiger partial charge in [-0.1, -0.05) is 13.0 Å². The first-order valence-electron chi connectivity index (χ1n) is 6.53. The molecule has 98 valence electrons. The lowest BCUT2D eigenvalue weighted by Gasteiger charge is -2.24. The van der Waals surface area contributed by atoms with Crippen molar-refractivity contribution in [1.82, 2.24) is 9.88 Å². The van der Waals surface area contributed by atoms with Crippen LogP contribution in [0.4, 0.5) is 0 Å². The molecule has 3 heteroatoms. The highest BCUT2D eigenvalue weighted by Crippen LogP contribution is 2.19. The molecular formula is C15H23N3. The van der Waals surface area contributed by atoms with E-state index in [1.807, 2.05) is 32.9 Å². The molecule has 1 heterocycles. The Hall–Kier alpha value is -1.40. The lowest BCUT2D eigenvalue weighted by atomic mass is 9.91. The standard InChI is InChI=1S/C15H23N3/c1-5-18(10-9-15(3,4)12-16)11-14-8-6-7-13(2)17-14/h6-8H,5,9-11H2,1-4H3. The van der Waals surface area contributed by atoms with Crippen LogP contribution < -0.4 is 0 Å². The number of rotatable bonds is 6. The normalized spacial score (nSPS) is 11.6. The number of aromatic nitrogens is 1. The minimum absolute atomic E-state index is 0.243. The highest BCUT2D eigenvalue weighted by molar-refractivity contribution is 5.09. The van der Waals surface area contributed by atoms with Crippen LogP contribution in [0.1, 0.15) is 38.6 Å². The quantitative estimate of drug-likeness (QED) is 0.773. The van der Waals surface area contributed by atoms with Crippen molar-refractivity contribution >= 4 is 0 Å². The summed E-state index contributed by atoms with van der Waals surface area (Å²) in [5, 5.41) is 9.02. The van der Waals surface area contributed by atoms with Crippen molar-refractivity contribution in [3.05, 3.63) is 29.6 Å². The summed E-state index contributed by atoms with van der Waals surface area (Å²) in [5.41, 5.74) is 1.92. The fraction of sp³-hybridized carbons (Fsp3) is 0.600. The Labute approximate surface area is 110 Å². The summed E-state index contributed by atoms with van der Waals surface area (Å²) in [6.07, 6.45) is 0.892. The van der Waals surface area contributed by atoms with E-state index in [1.165, 1.54) is 0 Å². The SMILES string of the molecule is CCN(CCC(C)(C)C#N)Cc1cccc(C)n1. The summed E-state index contributed by atoms with van der Waals surface area (Å²) < 4.78 is 0. The molecule has 1 rings (SSSR count). The van der Waals surface area contributed by atoms with Crippen molar-refractivity contribution in [2.45, 2.75) is 40.7 Å². The summed E-state index contributed by atoms with van der Waals surface area (Å²) >= 11 is 0. The molecule has 0 atom stereocenters. The smallest absolute Gasteiger partial charge is 0.0684 e. The van der Waals surface area contributed by atoms with Gasteiger partial charge in [0.05, 0.1) is 17.2 Å². The fourth-order valence-electron chi connectivity index (χ4n) is 1.76. The lowest BCUT2D eigenvalue weighted by molar-refractivity contribution is 0.243. The fourth-order valence-corrected chi connectivity index (χ4v) is 1.76. The number of nitrogens with zero attached hydrogens (tertiary/aromatic N) is 3. The summed E-state index contributed by atoms with van der Waals surface area (Å²) in [4.78, 5) is 6.85. The van der Waals surface area contributed by atoms with Crippen LogP contribution in [0.5, 0.6) is 0 Å². The van der Waals surface area contributed by atoms with Crippen LogP contribution in [-0.2, 0) is 6.54 Å². The van der Waals surface area contributed by atoms with Gasteiger partial charge in [0.1, 0.15) is 0 Å². The molecule has 1 aromatic rings. The van der Waals surface area contributed by atoms with Gasteiger partial charge in [0.2, 0.25) is 0 Å². The lowest BCUT2D eigenvalue weighted by Crippen LogP contribution is -2.27. The molecule has 0 saturated heterocycles. The largest absolute Gasteiger partial charge is 0.298 e. The summed E-state index contributed by atoms with van der Waals surface area (Å²) in [6.45, 7) is 10.9. The van der Waals surface area contributed by atoms with Crippen LogP contribution in [0.25, 0.3) is 0 Å². The van der Waals surface area contributed by atoms with Crippen LogP contribution in [0.2, 0.25) is 0 Å². The molecule has 3 nitrogen and oxygen atoms in total. The molecule has 0 amide bonds. The predicted octanol–water partition coefficient (Wildman–Crippen LogP) is 3.15. The summed E-state index contributed by atoms with van der Waals surface area (Å²) in [7, 11) is 0. The van der Waals surface area contributed by atoms with E-state index in [2.05, 4.69) is 28.9 Å². The van der Waals surface area contributed by atoms with Gasteiger partial charge in [0.25, 0.3) is 0 Å². The van der Waals surface area contributed by atoms with E-state index >= 15 is 0 Å². The number of nitriles is 1. The molecule has 0 aliphatic heterocycles. The zero-order valence-corrected chi connectivity index (χ0v) is 11.9. The predicted molar refractivity (Wildman–Crippen MR) is 73.9 cm³/mol. The molecule has 0 N–H and O–H groups in total. The van der Waals surface area contributed by atoms with Crippen LogP contribution in [0.15, 0.2) is 18.2 Å². The van der Waals surface area contributed by atoms with Crippen LogP contribution in [0, 0.1) is 23.7 Å². The molecule has 1 aromatic heterocycles. The second kappa shape index (κ2) is 6.51. The number of pyridine rings is 1. The molecule has 0 radical (unpaired) electrons. The third-order valence-electron chi connectivity index (χ3n) is 3.13. The van der Waals surface area contributed by atoms with E-state index in [0.717, 1.165) is 37.4 Å². The zero-order valence-electron chi connectivity index (χ0n) is 11.9. The van der Waals surface area contributed by atoms with Crippen molar-refractivity contribution in [2.75, 3.05) is 13.1 Å². The van der Waals surface area contributed by atoms with Gasteiger partial charge in [-0.15, -0.1) is 0 Å². The van der Waals surface area contributed by atoms with E-state index in [0.29, 0.717) is 0 Å². The highest BCUT2D eigenvalue weighted by Gasteiger charge is 2.18. The van der Waals surface area contributed by atoms with Gasteiger partial charge in [0, 0.05) is 18.8 Å². The Morgan fingerprint density at radius 3 is 2.67 bits per heavy atom. The molecule has 0 fully saturated rings. The summed E-state index contributed by atoms with van der Waals surface area (Å²) in [5.74, 6) is 0. The monoisotopic (exact) mass is 245 g/mol. The molecular weight excluding hydrogens is 222 g/mol. The third kappa shape index (κ3) is 4.85. The van der Waals surface area contributed by atoms with Crippen molar-refractivity contribution in [2.24, 2.45) is 5.41 Å². The Kier molecular flexibility index (Phi) is 5.30. The molecule has 0 aromatic carbocycles. The van der Waals surface area contributed by atoms with Crippen LogP contribution >= 0.6 is 0 Å². The number of hydrogen-bond donors (Lipinski definition) is 0. The maximum Gasteiger partial charge on any atom is 0.0684 e. The Balaban J connectivity index is 2.55. The molecule has 0 spiro atoms. The van der Waals surface area contributed by atoms with E-state index in [-0.39, 0.29) is 5.41 Å². The number of hydrogen-bond acceptors (Lipinski definition) is 3. The van der Waals surface area contributed by atoms with Crippen molar-refractivity contribution in [3.8, 4) is 6.07 Å². The minimum Gasteiger partial charge on any atom is -0.298 e. The van der Waals surface area contributed by atoms with Gasteiger partial charge < -0.3 is 0 Å². The first-order chi connectivity index (χ1) is 8.46. The maximum atomic E-state index is 9.02. The molecule has 0 aliphatic carbocycles. The van der Waals surface area contributed by atoms with Gasteiger partial charge in [-0.2, -0.15) is 5.26 Å². The Morgan fingerprint density at radius 1 is 1.39 bits per heavy atom. The Bertz CT molecular complexity index is 418. The second-order valence-electron chi connectivity index (χ2n) is 5.38. The van der Waals surface area contributed by atoms with E-state index in [9.17, 15) is 0 Å². The van der Waals surface area contributed by atoms with Crippen LogP contribution in [0.3, 0.4) is 0 Å². The van der Waals surface area contributed by atoms with Gasteiger partial charge in [0.15, 0.2) is 0 Å². The summed E-state index contributed by atoms with van der Waals surface area (Å²) in [6, 6.07) is 8.47. The van der Waals surface area contributed by atoms with Gasteiger partial charge in [-0.3, -0.25) is 9.88 Å². The van der Waals surface area contributed by atoms with Crippen LogP contribution in [-0.4, -0.2) is 23.0 Å². The Morgan fingerprint density at radius 2 is 2.11 bits per heavy atom. The van der Waals surface area contributed by atoms with Gasteiger partial charge >= 0.3 is 0 Å². The van der Waals surface area contributed by atoms with E-state index < -0.39 is 0 Å². The first kappa shape index (κ1) is 14.7. The van der Waals surface area contributed by atoms with E-state index in [1.54, 1.807) is 0 Å². The maximum absolute atomic E-state index is 9.02. The van der Waals surface area contributed by atoms with Crippen molar-refractivity contribution in [1.29, 1.82) is 5.26 Å². The minimum atomic E-state index is -0.243. The molecule has 0 unspecified atom stereocenters. The third-order valence-corrected chi connectivity index (χ3v) is 3.13. The molecule has 0 aliphatic rings. The second-order valence-corrected chi connectivity index (χ2v) is 5.38. The topological polar surface area (TPSA) is 39.9 Å². The molecule has 0 saturated carbocycles. The average Bonchev–Trinajstić information content (AvgIpc) is 2.34. The van der Waals surface area contributed by atoms with Crippen molar-refractivity contribution in [3.63, 3.8) is 0 Å². The van der Waals surface area contributed by atoms with Gasteiger partial charge in [-0.05, 0) is 45.9 Å². The van der Waals surface area contributed by atoms with Crippen molar-refractivity contribution < 1.29 is 0 Å². The number of aryl methyl sites for hydroxylation is 1. The average molecular weight is 245 g/mol. The molecule has 0 bridgehead atoms.